The van der Waals surface area contributed by atoms with E-state index >= 15 is 4.79 Å². The molecular weight excluding hydrogens is 1250 g/mol. The van der Waals surface area contributed by atoms with Gasteiger partial charge in [-0.25, -0.2) is 18.1 Å². The SMILES string of the molecule is CC(C)Oc1ccccc1[C@@H]1CN([C@H]2COCc3nc(N4CCOC[C@@H]4C)c4c(c32)C(C)(C)CCO4)CCN1C1CC2(CCN(c3ccc(C(=O)NS(=O)(=O)c4cc5c(c([N+](=O)[O-])c4)N[C@H](C4CCOCC4)CO5)c(N4c5cc6cc[nH]c6nc5O[C@H]5COCC[C@@H]54)c3)CC2)C1. The lowest BCUT2D eigenvalue weighted by Crippen LogP contribution is -2.60. The summed E-state index contributed by atoms with van der Waals surface area (Å²) in [6.07, 6.45) is 8.39. The van der Waals surface area contributed by atoms with Gasteiger partial charge in [0.05, 0.1) is 103 Å². The van der Waals surface area contributed by atoms with Crippen molar-refractivity contribution in [3.8, 4) is 23.1 Å². The van der Waals surface area contributed by atoms with Gasteiger partial charge in [0.25, 0.3) is 21.6 Å². The van der Waals surface area contributed by atoms with E-state index in [-0.39, 0.29) is 83.3 Å². The molecule has 16 rings (SSSR count). The number of carbonyl (C=O) groups excluding carboxylic acids is 1. The number of nitro benzene ring substituents is 1. The number of benzene rings is 3. The first-order chi connectivity index (χ1) is 46.5. The zero-order chi connectivity index (χ0) is 65.8. The Bertz CT molecular complexity index is 4090. The largest absolute Gasteiger partial charge is 0.491 e. The number of anilines is 5. The molecule has 0 bridgehead atoms. The molecule has 96 heavy (non-hydrogen) atoms. The molecule has 10 aliphatic rings. The molecule has 25 heteroatoms. The average Bonchev–Trinajstić information content (AvgIpc) is 0.766. The fraction of sp³-hybridized carbons (Fsp3) is 0.563. The fourth-order valence-electron chi connectivity index (χ4n) is 17.3. The van der Waals surface area contributed by atoms with Crippen LogP contribution in [-0.4, -0.2) is 179 Å². The second kappa shape index (κ2) is 25.1. The number of amides is 1. The highest BCUT2D eigenvalue weighted by Gasteiger charge is 2.52. The molecule has 0 unspecified atom stereocenters. The van der Waals surface area contributed by atoms with Gasteiger partial charge in [-0.05, 0) is 125 Å². The van der Waals surface area contributed by atoms with E-state index in [4.69, 9.17) is 47.9 Å². The number of ether oxygens (including phenoxy) is 8. The number of nitrogens with zero attached hydrogens (tertiary/aromatic N) is 8. The number of aromatic nitrogens is 3. The Morgan fingerprint density at radius 3 is 2.46 bits per heavy atom. The van der Waals surface area contributed by atoms with Crippen LogP contribution in [0.2, 0.25) is 0 Å². The Kier molecular flexibility index (Phi) is 16.5. The van der Waals surface area contributed by atoms with Crippen molar-refractivity contribution in [2.24, 2.45) is 11.3 Å². The molecule has 3 N–H and O–H groups in total. The van der Waals surface area contributed by atoms with Crippen molar-refractivity contribution in [3.63, 3.8) is 0 Å². The molecule has 1 amide bonds. The van der Waals surface area contributed by atoms with E-state index in [9.17, 15) is 18.5 Å². The molecule has 1 aliphatic carbocycles. The predicted molar refractivity (Wildman–Crippen MR) is 360 cm³/mol. The van der Waals surface area contributed by atoms with Crippen molar-refractivity contribution in [2.75, 3.05) is 119 Å². The normalized spacial score (nSPS) is 26.0. The standard InChI is InChI=1S/C71H87N11O13S/c1-42(2)94-59-9-7-6-8-49(59)57-36-78(58-40-91-38-52-62(58)63-65(92-28-18-70(63,4)5)67(74-52)79-24-29-90-37-43(79)3)22-23-80(57)47-34-71(35-47)16-20-77(21-17-71)46-10-11-50(54(31-46)81-53-15-27-89-41-61(53)95-69-56(81)30-45-12-19-72-66(45)75-69)68(83)76-96(86,87)48-32-55(82(84)85)64-60(33-48)93-39-51(73-64)44-13-25-88-26-14-44/h6-12,19,30-33,42-44,47,51,53,57-58,61,73H,13-18,20-29,34-41H2,1-5H3,(H,72,75)(H,76,83)/t43-,51-,53-,57-,58-,61-/m0/s1. The van der Waals surface area contributed by atoms with Gasteiger partial charge in [0, 0.05) is 111 Å². The third-order valence-corrected chi connectivity index (χ3v) is 23.7. The van der Waals surface area contributed by atoms with Crippen LogP contribution in [0.3, 0.4) is 0 Å². The molecule has 6 aromatic rings. The number of rotatable bonds is 13. The summed E-state index contributed by atoms with van der Waals surface area (Å²) < 4.78 is 81.6. The number of hydrogen-bond acceptors (Lipinski definition) is 21. The Balaban J connectivity index is 0.676. The van der Waals surface area contributed by atoms with Crippen molar-refractivity contribution in [1.29, 1.82) is 0 Å². The van der Waals surface area contributed by atoms with E-state index in [0.29, 0.717) is 88.2 Å². The maximum atomic E-state index is 15.1. The summed E-state index contributed by atoms with van der Waals surface area (Å²) in [5.41, 5.74) is 7.11. The number of nitrogens with one attached hydrogen (secondary N) is 3. The minimum atomic E-state index is -4.74. The average molecular weight is 1330 g/mol. The van der Waals surface area contributed by atoms with Gasteiger partial charge in [0.1, 0.15) is 29.8 Å². The first kappa shape index (κ1) is 63.2. The second-order valence-electron chi connectivity index (χ2n) is 29.0. The highest BCUT2D eigenvalue weighted by molar-refractivity contribution is 7.90. The summed E-state index contributed by atoms with van der Waals surface area (Å²) >= 11 is 0. The van der Waals surface area contributed by atoms with Crippen LogP contribution in [-0.2, 0) is 41.0 Å². The fourth-order valence-corrected chi connectivity index (χ4v) is 18.3. The number of fused-ring (bicyclic) bond motifs is 7. The topological polar surface area (TPSA) is 250 Å². The highest BCUT2D eigenvalue weighted by atomic mass is 32.2. The third-order valence-electron chi connectivity index (χ3n) is 22.4. The zero-order valence-electron chi connectivity index (χ0n) is 55.4. The number of H-pyrrole nitrogens is 1. The summed E-state index contributed by atoms with van der Waals surface area (Å²) in [4.78, 5) is 52.6. The molecule has 24 nitrogen and oxygen atoms in total. The van der Waals surface area contributed by atoms with Crippen molar-refractivity contribution in [3.05, 3.63) is 111 Å². The molecule has 510 valence electrons. The first-order valence-electron chi connectivity index (χ1n) is 34.6. The number of pyridine rings is 2. The molecule has 1 spiro atoms. The minimum absolute atomic E-state index is 0.00141. The van der Waals surface area contributed by atoms with E-state index < -0.39 is 37.5 Å². The van der Waals surface area contributed by atoms with Gasteiger partial charge in [0.2, 0.25) is 5.88 Å². The Morgan fingerprint density at radius 1 is 0.833 bits per heavy atom. The van der Waals surface area contributed by atoms with Crippen LogP contribution in [0, 0.1) is 21.4 Å². The summed E-state index contributed by atoms with van der Waals surface area (Å²) in [7, 11) is -4.74. The van der Waals surface area contributed by atoms with Crippen LogP contribution in [0.15, 0.2) is 77.8 Å². The Hall–Kier alpha value is -7.52. The van der Waals surface area contributed by atoms with Gasteiger partial charge in [-0.15, -0.1) is 0 Å². The van der Waals surface area contributed by atoms with Crippen LogP contribution in [0.5, 0.6) is 23.1 Å². The lowest BCUT2D eigenvalue weighted by atomic mass is 9.59. The zero-order valence-corrected chi connectivity index (χ0v) is 56.2. The predicted octanol–water partition coefficient (Wildman–Crippen LogP) is 9.72. The van der Waals surface area contributed by atoms with Gasteiger partial charge in [-0.2, -0.15) is 4.98 Å². The van der Waals surface area contributed by atoms with E-state index in [0.717, 1.165) is 124 Å². The first-order valence-corrected chi connectivity index (χ1v) is 36.1. The number of para-hydroxylation sites is 1. The summed E-state index contributed by atoms with van der Waals surface area (Å²) in [6, 6.07) is 20.4. The van der Waals surface area contributed by atoms with Crippen LogP contribution >= 0.6 is 0 Å². The molecule has 9 aliphatic heterocycles. The molecule has 12 heterocycles. The third kappa shape index (κ3) is 11.5. The van der Waals surface area contributed by atoms with E-state index in [2.05, 4.69) is 98.4 Å². The quantitative estimate of drug-likeness (QED) is 0.0718. The summed E-state index contributed by atoms with van der Waals surface area (Å²) in [6.45, 7) is 21.0. The van der Waals surface area contributed by atoms with Crippen molar-refractivity contribution in [1.82, 2.24) is 29.5 Å². The van der Waals surface area contributed by atoms with Crippen LogP contribution in [0.4, 0.5) is 34.3 Å². The maximum absolute atomic E-state index is 15.1. The van der Waals surface area contributed by atoms with Gasteiger partial charge in [-0.3, -0.25) is 24.7 Å². The highest BCUT2D eigenvalue weighted by Crippen LogP contribution is 2.56. The van der Waals surface area contributed by atoms with Crippen LogP contribution in [0.1, 0.15) is 131 Å². The van der Waals surface area contributed by atoms with E-state index in [1.54, 1.807) is 6.07 Å². The van der Waals surface area contributed by atoms with Crippen molar-refractivity contribution in [2.45, 2.75) is 151 Å². The Morgan fingerprint density at radius 2 is 1.65 bits per heavy atom. The number of hydrogen-bond donors (Lipinski definition) is 3. The van der Waals surface area contributed by atoms with Crippen molar-refractivity contribution >= 4 is 61.2 Å². The molecule has 3 aromatic carbocycles. The smallest absolute Gasteiger partial charge is 0.297 e. The number of sulfonamides is 1. The van der Waals surface area contributed by atoms with Crippen LogP contribution in [0.25, 0.3) is 11.0 Å². The molecular formula is C71H87N11O13S. The molecule has 3 aromatic heterocycles. The number of aromatic amines is 1. The van der Waals surface area contributed by atoms with Gasteiger partial charge in [0.15, 0.2) is 23.0 Å². The van der Waals surface area contributed by atoms with Gasteiger partial charge >= 0.3 is 0 Å². The molecule has 6 atom stereocenters. The number of morpholine rings is 1. The molecule has 0 radical (unpaired) electrons. The number of nitro groups is 1. The van der Waals surface area contributed by atoms with Crippen molar-refractivity contribution < 1.29 is 56.0 Å². The summed E-state index contributed by atoms with van der Waals surface area (Å²) in [5.74, 6) is 2.39. The second-order valence-corrected chi connectivity index (χ2v) is 30.7. The molecule has 5 saturated heterocycles. The lowest BCUT2D eigenvalue weighted by molar-refractivity contribution is -0.384. The monoisotopic (exact) mass is 1330 g/mol. The lowest BCUT2D eigenvalue weighted by Gasteiger charge is -2.59. The number of piperidine rings is 1. The minimum Gasteiger partial charge on any atom is -0.491 e. The number of carbonyl (C=O) groups is 1. The summed E-state index contributed by atoms with van der Waals surface area (Å²) in [5, 5.41) is 16.8. The van der Waals surface area contributed by atoms with Gasteiger partial charge in [-0.1, -0.05) is 32.0 Å². The maximum Gasteiger partial charge on any atom is 0.297 e. The van der Waals surface area contributed by atoms with E-state index in [1.807, 2.05) is 30.5 Å². The Labute approximate surface area is 559 Å². The van der Waals surface area contributed by atoms with Crippen LogP contribution < -0.4 is 43.7 Å². The van der Waals surface area contributed by atoms with Gasteiger partial charge < -0.3 is 62.9 Å². The molecule has 1 saturated carbocycles. The molecule has 6 fully saturated rings. The van der Waals surface area contributed by atoms with E-state index in [1.165, 1.54) is 22.8 Å². The number of piperazine rings is 1.